The van der Waals surface area contributed by atoms with Crippen molar-refractivity contribution < 1.29 is 9.59 Å². The maximum Gasteiger partial charge on any atom is 0.251 e. The lowest BCUT2D eigenvalue weighted by molar-refractivity contribution is -0.117. The summed E-state index contributed by atoms with van der Waals surface area (Å²) in [4.78, 5) is 25.9. The van der Waals surface area contributed by atoms with E-state index < -0.39 is 0 Å². The number of carbonyl (C=O) groups excluding carboxylic acids is 2. The first-order valence-corrected chi connectivity index (χ1v) is 8.43. The van der Waals surface area contributed by atoms with E-state index in [9.17, 15) is 9.59 Å². The number of amides is 2. The first-order chi connectivity index (χ1) is 11.5. The zero-order chi connectivity index (χ0) is 17.1. The van der Waals surface area contributed by atoms with Gasteiger partial charge in [-0.25, -0.2) is 0 Å². The van der Waals surface area contributed by atoms with E-state index >= 15 is 0 Å². The SMILES string of the molecule is O=C(NCc1ccc(Cl)cc1)c1ccc(Cl)c(N2CCCC2=O)c1. The number of anilines is 1. The van der Waals surface area contributed by atoms with Gasteiger partial charge >= 0.3 is 0 Å². The Morgan fingerprint density at radius 1 is 1.12 bits per heavy atom. The summed E-state index contributed by atoms with van der Waals surface area (Å²) in [6.45, 7) is 1.03. The molecule has 0 aliphatic carbocycles. The van der Waals surface area contributed by atoms with E-state index in [1.165, 1.54) is 0 Å². The number of nitrogens with one attached hydrogen (secondary N) is 1. The monoisotopic (exact) mass is 362 g/mol. The Morgan fingerprint density at radius 3 is 2.54 bits per heavy atom. The van der Waals surface area contributed by atoms with Gasteiger partial charge in [-0.05, 0) is 42.3 Å². The van der Waals surface area contributed by atoms with Crippen LogP contribution < -0.4 is 10.2 Å². The summed E-state index contributed by atoms with van der Waals surface area (Å²) in [5.41, 5.74) is 2.03. The highest BCUT2D eigenvalue weighted by Gasteiger charge is 2.24. The number of hydrogen-bond donors (Lipinski definition) is 1. The first kappa shape index (κ1) is 16.8. The summed E-state index contributed by atoms with van der Waals surface area (Å²) in [7, 11) is 0. The van der Waals surface area contributed by atoms with Gasteiger partial charge in [0.05, 0.1) is 10.7 Å². The number of carbonyl (C=O) groups is 2. The number of halogens is 2. The molecule has 1 N–H and O–H groups in total. The molecule has 0 bridgehead atoms. The summed E-state index contributed by atoms with van der Waals surface area (Å²) in [6.07, 6.45) is 1.32. The predicted octanol–water partition coefficient (Wildman–Crippen LogP) is 4.05. The smallest absolute Gasteiger partial charge is 0.251 e. The zero-order valence-corrected chi connectivity index (χ0v) is 14.4. The van der Waals surface area contributed by atoms with Crippen LogP contribution >= 0.6 is 23.2 Å². The third kappa shape index (κ3) is 3.71. The number of benzene rings is 2. The van der Waals surface area contributed by atoms with E-state index in [1.807, 2.05) is 12.1 Å². The van der Waals surface area contributed by atoms with Crippen molar-refractivity contribution in [2.24, 2.45) is 0 Å². The molecule has 0 unspecified atom stereocenters. The van der Waals surface area contributed by atoms with Crippen LogP contribution in [-0.2, 0) is 11.3 Å². The van der Waals surface area contributed by atoms with Crippen molar-refractivity contribution in [3.8, 4) is 0 Å². The van der Waals surface area contributed by atoms with Crippen LogP contribution in [0.3, 0.4) is 0 Å². The molecule has 0 spiro atoms. The summed E-state index contributed by atoms with van der Waals surface area (Å²) < 4.78 is 0. The van der Waals surface area contributed by atoms with Crippen LogP contribution in [0.25, 0.3) is 0 Å². The van der Waals surface area contributed by atoms with Gasteiger partial charge in [0.25, 0.3) is 5.91 Å². The van der Waals surface area contributed by atoms with Crippen molar-refractivity contribution in [3.05, 3.63) is 63.6 Å². The van der Waals surface area contributed by atoms with Crippen molar-refractivity contribution in [2.75, 3.05) is 11.4 Å². The topological polar surface area (TPSA) is 49.4 Å². The zero-order valence-electron chi connectivity index (χ0n) is 12.9. The molecule has 0 aromatic heterocycles. The van der Waals surface area contributed by atoms with Gasteiger partial charge in [0, 0.05) is 30.1 Å². The molecule has 1 heterocycles. The van der Waals surface area contributed by atoms with E-state index in [2.05, 4.69) is 5.32 Å². The highest BCUT2D eigenvalue weighted by Crippen LogP contribution is 2.30. The molecular formula is C18H16Cl2N2O2. The molecule has 2 aromatic rings. The molecule has 6 heteroatoms. The molecule has 0 radical (unpaired) electrons. The van der Waals surface area contributed by atoms with Crippen molar-refractivity contribution in [1.29, 1.82) is 0 Å². The Bertz CT molecular complexity index is 775. The molecule has 4 nitrogen and oxygen atoms in total. The molecule has 124 valence electrons. The summed E-state index contributed by atoms with van der Waals surface area (Å²) >= 11 is 12.0. The summed E-state index contributed by atoms with van der Waals surface area (Å²) in [6, 6.07) is 12.3. The Labute approximate surface area is 150 Å². The van der Waals surface area contributed by atoms with E-state index in [1.54, 1.807) is 35.2 Å². The minimum absolute atomic E-state index is 0.0376. The second kappa shape index (κ2) is 7.24. The minimum Gasteiger partial charge on any atom is -0.348 e. The second-order valence-electron chi connectivity index (χ2n) is 5.62. The van der Waals surface area contributed by atoms with E-state index in [-0.39, 0.29) is 11.8 Å². The van der Waals surface area contributed by atoms with Gasteiger partial charge in [-0.15, -0.1) is 0 Å². The number of hydrogen-bond acceptors (Lipinski definition) is 2. The fourth-order valence-electron chi connectivity index (χ4n) is 2.65. The molecule has 24 heavy (non-hydrogen) atoms. The summed E-state index contributed by atoms with van der Waals surface area (Å²) in [5.74, 6) is -0.176. The van der Waals surface area contributed by atoms with Crippen molar-refractivity contribution in [3.63, 3.8) is 0 Å². The Hall–Kier alpha value is -2.04. The van der Waals surface area contributed by atoms with Crippen molar-refractivity contribution >= 4 is 40.7 Å². The van der Waals surface area contributed by atoms with E-state index in [4.69, 9.17) is 23.2 Å². The Kier molecular flexibility index (Phi) is 5.07. The first-order valence-electron chi connectivity index (χ1n) is 7.67. The van der Waals surface area contributed by atoms with Crippen molar-refractivity contribution in [1.82, 2.24) is 5.32 Å². The fraction of sp³-hybridized carbons (Fsp3) is 0.222. The highest BCUT2D eigenvalue weighted by atomic mass is 35.5. The minimum atomic E-state index is -0.213. The molecule has 0 atom stereocenters. The normalized spacial score (nSPS) is 14.1. The lowest BCUT2D eigenvalue weighted by Crippen LogP contribution is -2.26. The van der Waals surface area contributed by atoms with Gasteiger partial charge in [-0.1, -0.05) is 35.3 Å². The number of nitrogens with zero attached hydrogens (tertiary/aromatic N) is 1. The van der Waals surface area contributed by atoms with Gasteiger partial charge in [0.2, 0.25) is 5.91 Å². The Balaban J connectivity index is 1.73. The van der Waals surface area contributed by atoms with E-state index in [0.29, 0.717) is 40.8 Å². The largest absolute Gasteiger partial charge is 0.348 e. The molecule has 1 aliphatic heterocycles. The van der Waals surface area contributed by atoms with Crippen LogP contribution in [0.1, 0.15) is 28.8 Å². The molecule has 1 saturated heterocycles. The molecule has 0 saturated carbocycles. The van der Waals surface area contributed by atoms with Crippen LogP contribution in [0.5, 0.6) is 0 Å². The van der Waals surface area contributed by atoms with Crippen LogP contribution in [0.2, 0.25) is 10.0 Å². The average molecular weight is 363 g/mol. The van der Waals surface area contributed by atoms with Gasteiger partial charge in [-0.3, -0.25) is 9.59 Å². The molecule has 1 aliphatic rings. The predicted molar refractivity (Wildman–Crippen MR) is 95.7 cm³/mol. The standard InChI is InChI=1S/C18H16Cl2N2O2/c19-14-6-3-12(4-7-14)11-21-18(24)13-5-8-15(20)16(10-13)22-9-1-2-17(22)23/h3-8,10H,1-2,9,11H2,(H,21,24). The fourth-order valence-corrected chi connectivity index (χ4v) is 3.00. The van der Waals surface area contributed by atoms with Gasteiger partial charge in [-0.2, -0.15) is 0 Å². The lowest BCUT2D eigenvalue weighted by Gasteiger charge is -2.18. The second-order valence-corrected chi connectivity index (χ2v) is 6.47. The molecule has 2 aromatic carbocycles. The molecule has 2 amide bonds. The molecule has 1 fully saturated rings. The van der Waals surface area contributed by atoms with Crippen LogP contribution in [0.4, 0.5) is 5.69 Å². The van der Waals surface area contributed by atoms with Gasteiger partial charge in [0.1, 0.15) is 0 Å². The quantitative estimate of drug-likeness (QED) is 0.891. The summed E-state index contributed by atoms with van der Waals surface area (Å²) in [5, 5.41) is 3.98. The Morgan fingerprint density at radius 2 is 1.88 bits per heavy atom. The van der Waals surface area contributed by atoms with Crippen LogP contribution in [0, 0.1) is 0 Å². The molecular weight excluding hydrogens is 347 g/mol. The highest BCUT2D eigenvalue weighted by molar-refractivity contribution is 6.34. The third-order valence-electron chi connectivity index (χ3n) is 3.94. The van der Waals surface area contributed by atoms with Crippen molar-refractivity contribution in [2.45, 2.75) is 19.4 Å². The van der Waals surface area contributed by atoms with Gasteiger partial charge < -0.3 is 10.2 Å². The number of rotatable bonds is 4. The molecule has 3 rings (SSSR count). The van der Waals surface area contributed by atoms with E-state index in [0.717, 1.165) is 12.0 Å². The maximum absolute atomic E-state index is 12.4. The maximum atomic E-state index is 12.4. The third-order valence-corrected chi connectivity index (χ3v) is 4.51. The van der Waals surface area contributed by atoms with Crippen LogP contribution in [0.15, 0.2) is 42.5 Å². The lowest BCUT2D eigenvalue weighted by atomic mass is 10.1. The van der Waals surface area contributed by atoms with Gasteiger partial charge in [0.15, 0.2) is 0 Å². The van der Waals surface area contributed by atoms with Crippen LogP contribution in [-0.4, -0.2) is 18.4 Å². The average Bonchev–Trinajstić information content (AvgIpc) is 3.00.